The number of hydrogen-bond acceptors (Lipinski definition) is 5. The summed E-state index contributed by atoms with van der Waals surface area (Å²) in [5.74, 6) is -1.92. The van der Waals surface area contributed by atoms with E-state index in [4.69, 9.17) is 0 Å². The van der Waals surface area contributed by atoms with Gasteiger partial charge < -0.3 is 4.90 Å². The van der Waals surface area contributed by atoms with Gasteiger partial charge in [0.05, 0.1) is 11.4 Å². The smallest absolute Gasteiger partial charge is 0.354 e. The predicted molar refractivity (Wildman–Crippen MR) is 98.4 cm³/mol. The number of hydrogen-bond donors (Lipinski definition) is 0. The van der Waals surface area contributed by atoms with Crippen LogP contribution >= 0.6 is 0 Å². The van der Waals surface area contributed by atoms with Crippen molar-refractivity contribution in [1.29, 1.82) is 0 Å². The molecule has 156 valence electrons. The largest absolute Gasteiger partial charge is 0.491 e. The Bertz CT molecular complexity index is 1100. The molecule has 0 saturated carbocycles. The third kappa shape index (κ3) is 2.70. The lowest BCUT2D eigenvalue weighted by Crippen LogP contribution is -2.67. The summed E-state index contributed by atoms with van der Waals surface area (Å²) in [4.78, 5) is 32.8. The lowest BCUT2D eigenvalue weighted by Gasteiger charge is -2.49. The number of piperazine rings is 1. The van der Waals surface area contributed by atoms with Crippen molar-refractivity contribution in [1.82, 2.24) is 14.5 Å². The van der Waals surface area contributed by atoms with Gasteiger partial charge in [0.1, 0.15) is 23.2 Å². The Kier molecular flexibility index (Phi) is 4.16. The molecular formula is C18H19F4N5O2. The maximum absolute atomic E-state index is 14.3. The average molecular weight is 413 g/mol. The molecule has 11 heteroatoms. The molecule has 0 bridgehead atoms. The number of carbonyl (C=O) groups is 1. The van der Waals surface area contributed by atoms with Crippen molar-refractivity contribution in [3.8, 4) is 0 Å². The number of nitrogens with zero attached hydrogens (tertiary/aromatic N) is 5. The number of carbonyl (C=O) groups excluding carboxylic acids is 1. The number of fused-ring (bicyclic) bond motifs is 5. The molecule has 0 aromatic carbocycles. The van der Waals surface area contributed by atoms with Gasteiger partial charge in [0.15, 0.2) is 0 Å². The molecule has 0 N–H and O–H groups in total. The van der Waals surface area contributed by atoms with E-state index < -0.39 is 40.2 Å². The van der Waals surface area contributed by atoms with E-state index in [1.165, 1.54) is 18.9 Å². The molecule has 0 spiro atoms. The molecule has 1 fully saturated rings. The SMILES string of the molecule is Cc1nc2c(cc1F)c1c(c(=O)n2C)N(C(F)(F)F)C(=O)C2CN(C)C(C)CN12. The summed E-state index contributed by atoms with van der Waals surface area (Å²) in [5, 5.41) is 0.0636. The van der Waals surface area contributed by atoms with Crippen LogP contribution in [0.3, 0.4) is 0 Å². The van der Waals surface area contributed by atoms with Crippen molar-refractivity contribution in [3.05, 3.63) is 27.9 Å². The van der Waals surface area contributed by atoms with Crippen LogP contribution in [0.5, 0.6) is 0 Å². The standard InChI is InChI=1S/C18H19F4N5O2/c1-8-6-26-12(7-24(8)3)16(28)27(18(20,21)22)14-13(26)10-5-11(19)9(2)23-15(10)25(4)17(14)29/h5,8,12H,6-7H2,1-4H3. The molecular weight excluding hydrogens is 394 g/mol. The van der Waals surface area contributed by atoms with Crippen LogP contribution in [0, 0.1) is 12.7 Å². The molecule has 2 atom stereocenters. The van der Waals surface area contributed by atoms with Gasteiger partial charge in [-0.2, -0.15) is 0 Å². The summed E-state index contributed by atoms with van der Waals surface area (Å²) in [6.45, 7) is 3.53. The first-order valence-electron chi connectivity index (χ1n) is 9.01. The zero-order valence-corrected chi connectivity index (χ0v) is 16.2. The number of alkyl halides is 3. The minimum atomic E-state index is -5.10. The number of amides is 1. The number of likely N-dealkylation sites (N-methyl/N-ethyl adjacent to an activating group) is 1. The van der Waals surface area contributed by atoms with Crippen LogP contribution < -0.4 is 15.4 Å². The van der Waals surface area contributed by atoms with Crippen LogP contribution in [0.1, 0.15) is 12.6 Å². The molecule has 29 heavy (non-hydrogen) atoms. The zero-order chi connectivity index (χ0) is 21.4. The number of anilines is 2. The number of aromatic nitrogens is 2. The van der Waals surface area contributed by atoms with E-state index in [-0.39, 0.29) is 41.5 Å². The third-order valence-electron chi connectivity index (χ3n) is 5.76. The molecule has 2 aromatic rings. The lowest BCUT2D eigenvalue weighted by atomic mass is 9.99. The van der Waals surface area contributed by atoms with E-state index >= 15 is 0 Å². The van der Waals surface area contributed by atoms with Crippen LogP contribution in [0.2, 0.25) is 0 Å². The van der Waals surface area contributed by atoms with E-state index in [2.05, 4.69) is 4.98 Å². The molecule has 0 aliphatic carbocycles. The van der Waals surface area contributed by atoms with Gasteiger partial charge in [-0.1, -0.05) is 0 Å². The third-order valence-corrected chi connectivity index (χ3v) is 5.76. The van der Waals surface area contributed by atoms with Gasteiger partial charge in [-0.15, -0.1) is 13.2 Å². The van der Waals surface area contributed by atoms with Crippen LogP contribution in [0.25, 0.3) is 11.0 Å². The second-order valence-corrected chi connectivity index (χ2v) is 7.59. The Morgan fingerprint density at radius 2 is 1.79 bits per heavy atom. The van der Waals surface area contributed by atoms with Crippen LogP contribution in [-0.2, 0) is 11.8 Å². The second-order valence-electron chi connectivity index (χ2n) is 7.59. The normalized spacial score (nSPS) is 22.8. The first kappa shape index (κ1) is 19.6. The van der Waals surface area contributed by atoms with Crippen molar-refractivity contribution >= 4 is 28.3 Å². The molecule has 4 rings (SSSR count). The van der Waals surface area contributed by atoms with Gasteiger partial charge >= 0.3 is 6.30 Å². The lowest BCUT2D eigenvalue weighted by molar-refractivity contribution is -0.152. The Labute approximate surface area is 163 Å². The maximum Gasteiger partial charge on any atom is 0.491 e. The molecule has 1 saturated heterocycles. The molecule has 0 radical (unpaired) electrons. The number of rotatable bonds is 0. The Morgan fingerprint density at radius 3 is 2.41 bits per heavy atom. The highest BCUT2D eigenvalue weighted by molar-refractivity contribution is 6.11. The van der Waals surface area contributed by atoms with Crippen LogP contribution in [0.4, 0.5) is 28.9 Å². The topological polar surface area (TPSA) is 61.7 Å². The van der Waals surface area contributed by atoms with E-state index in [1.54, 1.807) is 11.9 Å². The minimum Gasteiger partial charge on any atom is -0.354 e. The van der Waals surface area contributed by atoms with Crippen molar-refractivity contribution in [2.24, 2.45) is 7.05 Å². The van der Waals surface area contributed by atoms with Gasteiger partial charge in [0.2, 0.25) is 0 Å². The summed E-state index contributed by atoms with van der Waals surface area (Å²) in [7, 11) is 2.97. The van der Waals surface area contributed by atoms with Gasteiger partial charge in [0, 0.05) is 31.6 Å². The fourth-order valence-corrected chi connectivity index (χ4v) is 4.05. The van der Waals surface area contributed by atoms with Gasteiger partial charge in [-0.3, -0.25) is 19.1 Å². The highest BCUT2D eigenvalue weighted by atomic mass is 19.4. The first-order valence-corrected chi connectivity index (χ1v) is 9.01. The fraction of sp³-hybridized carbons (Fsp3) is 0.500. The Morgan fingerprint density at radius 1 is 1.14 bits per heavy atom. The number of pyridine rings is 2. The summed E-state index contributed by atoms with van der Waals surface area (Å²) < 4.78 is 56.9. The summed E-state index contributed by atoms with van der Waals surface area (Å²) in [5.41, 5.74) is -1.83. The molecule has 2 aromatic heterocycles. The zero-order valence-electron chi connectivity index (χ0n) is 16.2. The molecule has 4 heterocycles. The van der Waals surface area contributed by atoms with Crippen molar-refractivity contribution in [2.75, 3.05) is 29.9 Å². The van der Waals surface area contributed by atoms with Crippen molar-refractivity contribution < 1.29 is 22.4 Å². The quantitative estimate of drug-likeness (QED) is 0.487. The highest BCUT2D eigenvalue weighted by Crippen LogP contribution is 2.44. The summed E-state index contributed by atoms with van der Waals surface area (Å²) in [6.07, 6.45) is -5.10. The number of halogens is 4. The molecule has 7 nitrogen and oxygen atoms in total. The maximum atomic E-state index is 14.3. The average Bonchev–Trinajstić information content (AvgIpc) is 2.62. The monoisotopic (exact) mass is 413 g/mol. The van der Waals surface area contributed by atoms with E-state index in [1.807, 2.05) is 6.92 Å². The highest BCUT2D eigenvalue weighted by Gasteiger charge is 2.54. The van der Waals surface area contributed by atoms with Crippen LogP contribution in [-0.4, -0.2) is 58.9 Å². The predicted octanol–water partition coefficient (Wildman–Crippen LogP) is 1.76. The summed E-state index contributed by atoms with van der Waals surface area (Å²) >= 11 is 0. The second kappa shape index (κ2) is 6.15. The van der Waals surface area contributed by atoms with Crippen molar-refractivity contribution in [3.63, 3.8) is 0 Å². The molecule has 2 aliphatic rings. The molecule has 2 aliphatic heterocycles. The van der Waals surface area contributed by atoms with Gasteiger partial charge in [-0.05, 0) is 27.0 Å². The number of aryl methyl sites for hydroxylation is 2. The van der Waals surface area contributed by atoms with E-state index in [0.717, 1.165) is 10.6 Å². The molecule has 1 amide bonds. The van der Waals surface area contributed by atoms with Gasteiger partial charge in [0.25, 0.3) is 11.5 Å². The fourth-order valence-electron chi connectivity index (χ4n) is 4.05. The van der Waals surface area contributed by atoms with Gasteiger partial charge in [-0.25, -0.2) is 14.3 Å². The van der Waals surface area contributed by atoms with Crippen molar-refractivity contribution in [2.45, 2.75) is 32.2 Å². The van der Waals surface area contributed by atoms with E-state index in [9.17, 15) is 27.2 Å². The first-order chi connectivity index (χ1) is 13.4. The van der Waals surface area contributed by atoms with Crippen LogP contribution in [0.15, 0.2) is 10.9 Å². The molecule has 2 unspecified atom stereocenters. The Balaban J connectivity index is 2.15. The van der Waals surface area contributed by atoms with E-state index in [0.29, 0.717) is 0 Å². The summed E-state index contributed by atoms with van der Waals surface area (Å²) in [6, 6.07) is -0.156. The Hall–Kier alpha value is -2.69. The minimum absolute atomic E-state index is 0.0234.